The zero-order chi connectivity index (χ0) is 10.6. The summed E-state index contributed by atoms with van der Waals surface area (Å²) in [7, 11) is 1.65. The summed E-state index contributed by atoms with van der Waals surface area (Å²) >= 11 is 0. The Morgan fingerprint density at radius 1 is 1.43 bits per heavy atom. The zero-order valence-electron chi connectivity index (χ0n) is 7.61. The van der Waals surface area contributed by atoms with Crippen molar-refractivity contribution in [3.05, 3.63) is 23.8 Å². The topological polar surface area (TPSA) is 58.0 Å². The molecule has 1 rings (SSSR count). The number of aliphatic hydroxyl groups excluding tert-OH is 1. The number of alkyl halides is 2. The molecular formula is C8H11F2N3O. The van der Waals surface area contributed by atoms with E-state index >= 15 is 0 Å². The Labute approximate surface area is 80.0 Å². The van der Waals surface area contributed by atoms with E-state index in [1.165, 1.54) is 6.20 Å². The normalized spacial score (nSPS) is 13.2. The van der Waals surface area contributed by atoms with Crippen molar-refractivity contribution in [3.63, 3.8) is 0 Å². The van der Waals surface area contributed by atoms with Gasteiger partial charge in [0.2, 0.25) is 0 Å². The lowest BCUT2D eigenvalue weighted by Crippen LogP contribution is -2.18. The number of halogens is 2. The Hall–Kier alpha value is -1.14. The first kappa shape index (κ1) is 10.9. The summed E-state index contributed by atoms with van der Waals surface area (Å²) in [4.78, 5) is 7.17. The summed E-state index contributed by atoms with van der Waals surface area (Å²) < 4.78 is 24.4. The molecule has 0 saturated carbocycles. The second-order valence-electron chi connectivity index (χ2n) is 2.74. The van der Waals surface area contributed by atoms with Crippen LogP contribution in [0.1, 0.15) is 23.9 Å². The molecule has 0 saturated heterocycles. The molecule has 1 heterocycles. The fraction of sp³-hybridized carbons (Fsp3) is 0.500. The molecule has 1 aromatic heterocycles. The van der Waals surface area contributed by atoms with E-state index in [4.69, 9.17) is 0 Å². The highest BCUT2D eigenvalue weighted by Crippen LogP contribution is 2.17. The summed E-state index contributed by atoms with van der Waals surface area (Å²) in [5.41, 5.74) is -0.269. The molecule has 6 heteroatoms. The molecule has 1 unspecified atom stereocenters. The Morgan fingerprint density at radius 2 is 2.07 bits per heavy atom. The lowest BCUT2D eigenvalue weighted by molar-refractivity contribution is 0.141. The van der Waals surface area contributed by atoms with Gasteiger partial charge in [0.15, 0.2) is 0 Å². The lowest BCUT2D eigenvalue weighted by Gasteiger charge is -2.09. The maximum absolute atomic E-state index is 12.2. The third-order valence-corrected chi connectivity index (χ3v) is 1.63. The molecule has 0 aliphatic carbocycles. The van der Waals surface area contributed by atoms with Gasteiger partial charge in [0.25, 0.3) is 6.43 Å². The minimum atomic E-state index is -2.66. The van der Waals surface area contributed by atoms with Gasteiger partial charge in [0, 0.05) is 6.54 Å². The predicted molar refractivity (Wildman–Crippen MR) is 45.9 cm³/mol. The van der Waals surface area contributed by atoms with Crippen molar-refractivity contribution in [2.45, 2.75) is 12.5 Å². The van der Waals surface area contributed by atoms with E-state index < -0.39 is 18.2 Å². The van der Waals surface area contributed by atoms with Crippen LogP contribution in [0.25, 0.3) is 0 Å². The minimum Gasteiger partial charge on any atom is -0.385 e. The van der Waals surface area contributed by atoms with E-state index in [9.17, 15) is 13.9 Å². The molecule has 0 fully saturated rings. The molecule has 1 atom stereocenters. The van der Waals surface area contributed by atoms with Gasteiger partial charge in [0.1, 0.15) is 11.8 Å². The van der Waals surface area contributed by atoms with Gasteiger partial charge in [-0.25, -0.2) is 13.8 Å². The monoisotopic (exact) mass is 203 g/mol. The van der Waals surface area contributed by atoms with Crippen LogP contribution in [0.15, 0.2) is 12.4 Å². The van der Waals surface area contributed by atoms with Crippen LogP contribution >= 0.6 is 0 Å². The van der Waals surface area contributed by atoms with Gasteiger partial charge in [-0.2, -0.15) is 0 Å². The quantitative estimate of drug-likeness (QED) is 0.755. The van der Waals surface area contributed by atoms with Gasteiger partial charge < -0.3 is 10.4 Å². The van der Waals surface area contributed by atoms with E-state index in [1.54, 1.807) is 7.05 Å². The molecule has 0 amide bonds. The molecule has 78 valence electrons. The molecule has 0 aromatic carbocycles. The largest absolute Gasteiger partial charge is 0.385 e. The van der Waals surface area contributed by atoms with E-state index in [2.05, 4.69) is 15.3 Å². The van der Waals surface area contributed by atoms with Crippen LogP contribution in [0.2, 0.25) is 0 Å². The third kappa shape index (κ3) is 2.68. The summed E-state index contributed by atoms with van der Waals surface area (Å²) in [5, 5.41) is 12.1. The number of hydrogen-bond donors (Lipinski definition) is 2. The molecule has 1 aromatic rings. The van der Waals surface area contributed by atoms with Crippen molar-refractivity contribution in [3.8, 4) is 0 Å². The molecule has 14 heavy (non-hydrogen) atoms. The number of likely N-dealkylation sites (N-methyl/N-ethyl adjacent to an activating group) is 1. The van der Waals surface area contributed by atoms with Gasteiger partial charge in [-0.1, -0.05) is 0 Å². The van der Waals surface area contributed by atoms with Crippen LogP contribution in [0, 0.1) is 0 Å². The molecule has 4 nitrogen and oxygen atoms in total. The van der Waals surface area contributed by atoms with Crippen molar-refractivity contribution in [2.75, 3.05) is 13.6 Å². The molecule has 0 radical (unpaired) electrons. The summed E-state index contributed by atoms with van der Waals surface area (Å²) in [6.07, 6.45) is -1.32. The Kier molecular flexibility index (Phi) is 3.84. The highest BCUT2D eigenvalue weighted by molar-refractivity contribution is 5.07. The third-order valence-electron chi connectivity index (χ3n) is 1.63. The fourth-order valence-corrected chi connectivity index (χ4v) is 0.960. The number of rotatable bonds is 4. The van der Waals surface area contributed by atoms with Crippen molar-refractivity contribution in [1.29, 1.82) is 0 Å². The van der Waals surface area contributed by atoms with Gasteiger partial charge in [-0.3, -0.25) is 4.98 Å². The van der Waals surface area contributed by atoms with Crippen molar-refractivity contribution >= 4 is 0 Å². The first-order valence-corrected chi connectivity index (χ1v) is 4.07. The molecular weight excluding hydrogens is 192 g/mol. The Morgan fingerprint density at radius 3 is 2.64 bits per heavy atom. The predicted octanol–water partition coefficient (Wildman–Crippen LogP) is 0.667. The average molecular weight is 203 g/mol. The van der Waals surface area contributed by atoms with E-state index in [0.717, 1.165) is 6.20 Å². The molecule has 0 aliphatic heterocycles. The van der Waals surface area contributed by atoms with Crippen molar-refractivity contribution in [1.82, 2.24) is 15.3 Å². The van der Waals surface area contributed by atoms with Gasteiger partial charge >= 0.3 is 0 Å². The highest BCUT2D eigenvalue weighted by Gasteiger charge is 2.13. The number of aliphatic hydroxyl groups is 1. The molecule has 2 N–H and O–H groups in total. The number of nitrogens with one attached hydrogen (secondary N) is 1. The van der Waals surface area contributed by atoms with Crippen LogP contribution in [0.5, 0.6) is 0 Å². The van der Waals surface area contributed by atoms with Crippen molar-refractivity contribution in [2.24, 2.45) is 0 Å². The standard InChI is InChI=1S/C8H11F2N3O/c1-11-4-7(14)5-2-12-3-6(13-5)8(9)10/h2-3,7-8,11,14H,4H2,1H3. The first-order valence-electron chi connectivity index (χ1n) is 4.07. The van der Waals surface area contributed by atoms with Gasteiger partial charge in [-0.15, -0.1) is 0 Å². The summed E-state index contributed by atoms with van der Waals surface area (Å²) in [6, 6.07) is 0. The zero-order valence-corrected chi connectivity index (χ0v) is 7.61. The highest BCUT2D eigenvalue weighted by atomic mass is 19.3. The van der Waals surface area contributed by atoms with Crippen LogP contribution in [0.3, 0.4) is 0 Å². The molecule has 0 spiro atoms. The van der Waals surface area contributed by atoms with Gasteiger partial charge in [0.05, 0.1) is 18.1 Å². The lowest BCUT2D eigenvalue weighted by atomic mass is 10.2. The van der Waals surface area contributed by atoms with E-state index in [1.807, 2.05) is 0 Å². The SMILES string of the molecule is CNCC(O)c1cncc(C(F)F)n1. The molecule has 0 aliphatic rings. The number of aromatic nitrogens is 2. The van der Waals surface area contributed by atoms with Crippen LogP contribution in [-0.2, 0) is 0 Å². The maximum atomic E-state index is 12.2. The van der Waals surface area contributed by atoms with Crippen LogP contribution < -0.4 is 5.32 Å². The smallest absolute Gasteiger partial charge is 0.281 e. The summed E-state index contributed by atoms with van der Waals surface area (Å²) in [6.45, 7) is 0.251. The maximum Gasteiger partial charge on any atom is 0.281 e. The Balaban J connectivity index is 2.82. The van der Waals surface area contributed by atoms with Crippen LogP contribution in [0.4, 0.5) is 8.78 Å². The average Bonchev–Trinajstić information content (AvgIpc) is 2.18. The van der Waals surface area contributed by atoms with E-state index in [0.29, 0.717) is 0 Å². The minimum absolute atomic E-state index is 0.150. The summed E-state index contributed by atoms with van der Waals surface area (Å²) in [5.74, 6) is 0. The van der Waals surface area contributed by atoms with E-state index in [-0.39, 0.29) is 12.2 Å². The van der Waals surface area contributed by atoms with Crippen molar-refractivity contribution < 1.29 is 13.9 Å². The van der Waals surface area contributed by atoms with Crippen LogP contribution in [-0.4, -0.2) is 28.7 Å². The second kappa shape index (κ2) is 4.92. The number of nitrogens with zero attached hydrogens (tertiary/aromatic N) is 2. The Bertz CT molecular complexity index is 296. The fourth-order valence-electron chi connectivity index (χ4n) is 0.960. The molecule has 0 bridgehead atoms. The number of hydrogen-bond acceptors (Lipinski definition) is 4. The second-order valence-corrected chi connectivity index (χ2v) is 2.74. The van der Waals surface area contributed by atoms with Gasteiger partial charge in [-0.05, 0) is 7.05 Å². The first-order chi connectivity index (χ1) is 6.65.